The molecule has 32 heavy (non-hydrogen) atoms. The summed E-state index contributed by atoms with van der Waals surface area (Å²) >= 11 is 0. The van der Waals surface area contributed by atoms with Gasteiger partial charge in [-0.3, -0.25) is 10.1 Å². The summed E-state index contributed by atoms with van der Waals surface area (Å²) in [5.41, 5.74) is 3.90. The molecule has 162 valence electrons. The van der Waals surface area contributed by atoms with Gasteiger partial charge in [-0.05, 0) is 29.8 Å². The fourth-order valence-corrected chi connectivity index (χ4v) is 3.83. The number of aromatic amines is 1. The molecule has 2 N–H and O–H groups in total. The van der Waals surface area contributed by atoms with Gasteiger partial charge in [0.1, 0.15) is 22.6 Å². The Morgan fingerprint density at radius 1 is 1.09 bits per heavy atom. The highest BCUT2D eigenvalue weighted by molar-refractivity contribution is 6.05. The van der Waals surface area contributed by atoms with Crippen LogP contribution in [-0.4, -0.2) is 54.3 Å². The van der Waals surface area contributed by atoms with Gasteiger partial charge < -0.3 is 19.4 Å². The van der Waals surface area contributed by atoms with Crippen molar-refractivity contribution in [3.63, 3.8) is 0 Å². The summed E-state index contributed by atoms with van der Waals surface area (Å²) < 4.78 is 10.9. The number of hydrogen-bond donors (Lipinski definition) is 2. The Morgan fingerprint density at radius 2 is 1.91 bits per heavy atom. The third-order valence-corrected chi connectivity index (χ3v) is 5.49. The Hall–Kier alpha value is -3.91. The number of carbonyl (C=O) groups is 1. The topological polar surface area (TPSA) is 92.4 Å². The van der Waals surface area contributed by atoms with Gasteiger partial charge in [-0.25, -0.2) is 9.97 Å². The maximum Gasteiger partial charge on any atom is 0.259 e. The minimum atomic E-state index is -0.287. The highest BCUT2D eigenvalue weighted by atomic mass is 16.5. The molecule has 0 unspecified atom stereocenters. The van der Waals surface area contributed by atoms with E-state index < -0.39 is 0 Å². The van der Waals surface area contributed by atoms with E-state index in [0.29, 0.717) is 30.5 Å². The quantitative estimate of drug-likeness (QED) is 0.502. The van der Waals surface area contributed by atoms with E-state index >= 15 is 0 Å². The maximum atomic E-state index is 12.8. The van der Waals surface area contributed by atoms with E-state index in [2.05, 4.69) is 25.2 Å². The SMILES string of the molecule is COc1ccc(-c2ccccc2)c2nc(NC(=O)c3ccc(N4CCOCC4)nc3)[nH]c12. The number of methoxy groups -OCH3 is 1. The van der Waals surface area contributed by atoms with Gasteiger partial charge in [0.2, 0.25) is 5.95 Å². The van der Waals surface area contributed by atoms with Gasteiger partial charge >= 0.3 is 0 Å². The second-order valence-electron chi connectivity index (χ2n) is 7.45. The first-order chi connectivity index (χ1) is 15.7. The molecule has 2 aromatic carbocycles. The number of ether oxygens (including phenoxy) is 2. The monoisotopic (exact) mass is 429 g/mol. The van der Waals surface area contributed by atoms with Crippen LogP contribution in [0.25, 0.3) is 22.2 Å². The Bertz CT molecular complexity index is 1230. The van der Waals surface area contributed by atoms with Crippen molar-refractivity contribution in [1.82, 2.24) is 15.0 Å². The summed E-state index contributed by atoms with van der Waals surface area (Å²) in [6.45, 7) is 2.96. The van der Waals surface area contributed by atoms with Gasteiger partial charge in [0.15, 0.2) is 0 Å². The summed E-state index contributed by atoms with van der Waals surface area (Å²) in [6, 6.07) is 17.5. The first-order valence-corrected chi connectivity index (χ1v) is 10.4. The van der Waals surface area contributed by atoms with Crippen LogP contribution in [0.1, 0.15) is 10.4 Å². The number of H-pyrrole nitrogens is 1. The molecule has 8 heteroatoms. The third kappa shape index (κ3) is 3.88. The lowest BCUT2D eigenvalue weighted by atomic mass is 10.0. The predicted molar refractivity (Wildman–Crippen MR) is 123 cm³/mol. The molecule has 4 aromatic rings. The number of pyridine rings is 1. The number of morpholine rings is 1. The Morgan fingerprint density at radius 3 is 2.62 bits per heavy atom. The van der Waals surface area contributed by atoms with Crippen LogP contribution in [0.15, 0.2) is 60.8 Å². The number of nitrogens with one attached hydrogen (secondary N) is 2. The maximum absolute atomic E-state index is 12.8. The van der Waals surface area contributed by atoms with Crippen molar-refractivity contribution in [3.8, 4) is 16.9 Å². The lowest BCUT2D eigenvalue weighted by Crippen LogP contribution is -2.36. The van der Waals surface area contributed by atoms with Gasteiger partial charge in [0.25, 0.3) is 5.91 Å². The zero-order valence-electron chi connectivity index (χ0n) is 17.7. The number of nitrogens with zero attached hydrogens (tertiary/aromatic N) is 3. The standard InChI is InChI=1S/C24H23N5O3/c1-31-19-9-8-18(16-5-3-2-4-6-16)21-22(19)27-24(26-21)28-23(30)17-7-10-20(25-15-17)29-11-13-32-14-12-29/h2-10,15H,11-14H2,1H3,(H2,26,27,28,30). The molecule has 0 aliphatic carbocycles. The fourth-order valence-electron chi connectivity index (χ4n) is 3.83. The zero-order valence-corrected chi connectivity index (χ0v) is 17.7. The van der Waals surface area contributed by atoms with E-state index in [4.69, 9.17) is 9.47 Å². The lowest BCUT2D eigenvalue weighted by Gasteiger charge is -2.27. The van der Waals surface area contributed by atoms with Gasteiger partial charge in [-0.15, -0.1) is 0 Å². The van der Waals surface area contributed by atoms with Crippen molar-refractivity contribution in [2.45, 2.75) is 0 Å². The predicted octanol–water partition coefficient (Wildman–Crippen LogP) is 3.72. The molecule has 0 bridgehead atoms. The molecule has 0 atom stereocenters. The van der Waals surface area contributed by atoms with E-state index in [1.54, 1.807) is 19.4 Å². The number of imidazole rings is 1. The summed E-state index contributed by atoms with van der Waals surface area (Å²) in [5, 5.41) is 2.84. The van der Waals surface area contributed by atoms with Gasteiger partial charge in [-0.2, -0.15) is 0 Å². The molecule has 1 aliphatic heterocycles. The second kappa shape index (κ2) is 8.68. The van der Waals surface area contributed by atoms with Crippen molar-refractivity contribution in [1.29, 1.82) is 0 Å². The first kappa shape index (κ1) is 20.0. The molecule has 1 amide bonds. The molecule has 0 spiro atoms. The van der Waals surface area contributed by atoms with Crippen LogP contribution in [0.3, 0.4) is 0 Å². The van der Waals surface area contributed by atoms with Gasteiger partial charge in [0, 0.05) is 24.8 Å². The second-order valence-corrected chi connectivity index (χ2v) is 7.45. The molecule has 2 aromatic heterocycles. The average Bonchev–Trinajstić information content (AvgIpc) is 3.28. The molecule has 8 nitrogen and oxygen atoms in total. The molecule has 1 saturated heterocycles. The number of amides is 1. The number of anilines is 2. The molecule has 0 saturated carbocycles. The number of aromatic nitrogens is 3. The van der Waals surface area contributed by atoms with Crippen molar-refractivity contribution < 1.29 is 14.3 Å². The van der Waals surface area contributed by atoms with Crippen molar-refractivity contribution >= 4 is 28.7 Å². The van der Waals surface area contributed by atoms with Crippen molar-refractivity contribution in [2.24, 2.45) is 0 Å². The zero-order chi connectivity index (χ0) is 21.9. The average molecular weight is 429 g/mol. The summed E-state index contributed by atoms with van der Waals surface area (Å²) in [7, 11) is 1.61. The highest BCUT2D eigenvalue weighted by Gasteiger charge is 2.17. The fraction of sp³-hybridized carbons (Fsp3) is 0.208. The molecular formula is C24H23N5O3. The van der Waals surface area contributed by atoms with Crippen LogP contribution in [0.5, 0.6) is 5.75 Å². The van der Waals surface area contributed by atoms with E-state index in [1.165, 1.54) is 0 Å². The molecule has 3 heterocycles. The Kier molecular flexibility index (Phi) is 5.43. The number of hydrogen-bond acceptors (Lipinski definition) is 6. The van der Waals surface area contributed by atoms with Gasteiger partial charge in [-0.1, -0.05) is 30.3 Å². The molecular weight excluding hydrogens is 406 g/mol. The normalized spacial score (nSPS) is 13.8. The van der Waals surface area contributed by atoms with Crippen LogP contribution in [0.4, 0.5) is 11.8 Å². The van der Waals surface area contributed by atoms with Crippen molar-refractivity contribution in [3.05, 3.63) is 66.4 Å². The number of benzene rings is 2. The number of carbonyl (C=O) groups excluding carboxylic acids is 1. The molecule has 5 rings (SSSR count). The minimum absolute atomic E-state index is 0.287. The van der Waals surface area contributed by atoms with Crippen LogP contribution < -0.4 is 15.0 Å². The summed E-state index contributed by atoms with van der Waals surface area (Å²) in [5.74, 6) is 1.56. The Balaban J connectivity index is 1.40. The van der Waals surface area contributed by atoms with Crippen LogP contribution in [0, 0.1) is 0 Å². The van der Waals surface area contributed by atoms with Crippen molar-refractivity contribution in [2.75, 3.05) is 43.6 Å². The van der Waals surface area contributed by atoms with Gasteiger partial charge in [0.05, 0.1) is 25.9 Å². The first-order valence-electron chi connectivity index (χ1n) is 10.4. The smallest absolute Gasteiger partial charge is 0.259 e. The van der Waals surface area contributed by atoms with E-state index in [-0.39, 0.29) is 5.91 Å². The Labute approximate surface area is 185 Å². The largest absolute Gasteiger partial charge is 0.494 e. The van der Waals surface area contributed by atoms with Crippen LogP contribution in [0.2, 0.25) is 0 Å². The summed E-state index contributed by atoms with van der Waals surface area (Å²) in [6.07, 6.45) is 1.58. The number of fused-ring (bicyclic) bond motifs is 1. The molecule has 1 aliphatic rings. The molecule has 1 fully saturated rings. The molecule has 0 radical (unpaired) electrons. The van der Waals surface area contributed by atoms with E-state index in [1.807, 2.05) is 48.5 Å². The van der Waals surface area contributed by atoms with E-state index in [0.717, 1.165) is 41.1 Å². The van der Waals surface area contributed by atoms with Crippen LogP contribution in [-0.2, 0) is 4.74 Å². The lowest BCUT2D eigenvalue weighted by molar-refractivity contribution is 0.102. The number of rotatable bonds is 5. The highest BCUT2D eigenvalue weighted by Crippen LogP contribution is 2.33. The van der Waals surface area contributed by atoms with E-state index in [9.17, 15) is 4.79 Å². The minimum Gasteiger partial charge on any atom is -0.494 e. The summed E-state index contributed by atoms with van der Waals surface area (Å²) in [4.78, 5) is 27.2. The third-order valence-electron chi connectivity index (χ3n) is 5.49. The van der Waals surface area contributed by atoms with Crippen LogP contribution >= 0.6 is 0 Å².